The molecule has 1 aliphatic rings. The first kappa shape index (κ1) is 24.2. The van der Waals surface area contributed by atoms with Gasteiger partial charge in [-0.2, -0.15) is 5.26 Å². The van der Waals surface area contributed by atoms with E-state index in [9.17, 15) is 14.9 Å². The fourth-order valence-electron chi connectivity index (χ4n) is 3.65. The van der Waals surface area contributed by atoms with Gasteiger partial charge in [0.15, 0.2) is 0 Å². The molecule has 2 rings (SSSR count). The molecular formula is C22H30N4O2S2. The number of aromatic nitrogens is 1. The van der Waals surface area contributed by atoms with Gasteiger partial charge in [-0.05, 0) is 45.8 Å². The van der Waals surface area contributed by atoms with Crippen LogP contribution in [0.15, 0.2) is 9.70 Å². The molecule has 0 aromatic carbocycles. The summed E-state index contributed by atoms with van der Waals surface area (Å²) < 4.78 is 2.19. The third kappa shape index (κ3) is 4.62. The molecule has 2 heterocycles. The van der Waals surface area contributed by atoms with E-state index in [1.165, 1.54) is 11.8 Å². The van der Waals surface area contributed by atoms with Crippen molar-refractivity contribution in [2.75, 3.05) is 24.5 Å². The summed E-state index contributed by atoms with van der Waals surface area (Å²) in [5, 5.41) is 9.61. The summed E-state index contributed by atoms with van der Waals surface area (Å²) in [6, 6.07) is 2.06. The topological polar surface area (TPSA) is 69.3 Å². The Morgan fingerprint density at radius 1 is 1.17 bits per heavy atom. The van der Waals surface area contributed by atoms with Gasteiger partial charge in [0.25, 0.3) is 11.5 Å². The highest BCUT2D eigenvalue weighted by molar-refractivity contribution is 8.26. The molecule has 8 heteroatoms. The minimum atomic E-state index is -0.288. The monoisotopic (exact) mass is 446 g/mol. The molecule has 6 nitrogen and oxygen atoms in total. The van der Waals surface area contributed by atoms with Gasteiger partial charge in [0.05, 0.1) is 4.91 Å². The number of hydrogen-bond donors (Lipinski definition) is 0. The van der Waals surface area contributed by atoms with Crippen molar-refractivity contribution in [3.8, 4) is 6.07 Å². The number of amides is 1. The molecule has 0 atom stereocenters. The molecule has 0 radical (unpaired) electrons. The number of anilines is 1. The van der Waals surface area contributed by atoms with E-state index in [0.29, 0.717) is 41.0 Å². The zero-order valence-electron chi connectivity index (χ0n) is 18.4. The number of hydrogen-bond acceptors (Lipinski definition) is 6. The molecule has 1 saturated heterocycles. The van der Waals surface area contributed by atoms with Crippen LogP contribution in [0.4, 0.5) is 5.82 Å². The van der Waals surface area contributed by atoms with E-state index in [2.05, 4.69) is 17.9 Å². The number of carbonyl (C=O) groups excluding carboxylic acids is 1. The summed E-state index contributed by atoms with van der Waals surface area (Å²) in [7, 11) is 0. The first-order valence-electron chi connectivity index (χ1n) is 10.5. The molecule has 0 bridgehead atoms. The van der Waals surface area contributed by atoms with Crippen LogP contribution in [-0.4, -0.2) is 39.3 Å². The molecule has 0 spiro atoms. The number of pyridine rings is 1. The lowest BCUT2D eigenvalue weighted by atomic mass is 10.0. The number of carbonyl (C=O) groups is 1. The van der Waals surface area contributed by atoms with Crippen molar-refractivity contribution in [1.29, 1.82) is 5.26 Å². The molecule has 162 valence electrons. The summed E-state index contributed by atoms with van der Waals surface area (Å²) in [6.45, 7) is 12.3. The normalized spacial score (nSPS) is 15.2. The Hall–Kier alpha value is -2.11. The van der Waals surface area contributed by atoms with Gasteiger partial charge < -0.3 is 4.90 Å². The van der Waals surface area contributed by atoms with Crippen molar-refractivity contribution in [1.82, 2.24) is 9.47 Å². The van der Waals surface area contributed by atoms with Gasteiger partial charge in [-0.3, -0.25) is 19.1 Å². The van der Waals surface area contributed by atoms with E-state index in [1.807, 2.05) is 26.8 Å². The third-order valence-corrected chi connectivity index (χ3v) is 6.74. The Morgan fingerprint density at radius 2 is 1.83 bits per heavy atom. The van der Waals surface area contributed by atoms with E-state index >= 15 is 0 Å². The molecule has 1 aromatic rings. The van der Waals surface area contributed by atoms with Crippen molar-refractivity contribution in [3.05, 3.63) is 31.9 Å². The van der Waals surface area contributed by atoms with E-state index in [1.54, 1.807) is 16.4 Å². The molecule has 1 aliphatic heterocycles. The Balaban J connectivity index is 2.66. The van der Waals surface area contributed by atoms with Crippen LogP contribution in [0.5, 0.6) is 0 Å². The number of nitrogens with zero attached hydrogens (tertiary/aromatic N) is 4. The van der Waals surface area contributed by atoms with E-state index in [0.717, 1.165) is 30.6 Å². The molecule has 1 fully saturated rings. The van der Waals surface area contributed by atoms with Gasteiger partial charge in [-0.15, -0.1) is 0 Å². The second-order valence-corrected chi connectivity index (χ2v) is 8.79. The molecule has 1 amide bonds. The lowest BCUT2D eigenvalue weighted by Crippen LogP contribution is -2.34. The summed E-state index contributed by atoms with van der Waals surface area (Å²) in [4.78, 5) is 30.2. The third-order valence-electron chi connectivity index (χ3n) is 5.36. The highest BCUT2D eigenvalue weighted by Gasteiger charge is 2.32. The van der Waals surface area contributed by atoms with Gasteiger partial charge in [0.1, 0.15) is 21.8 Å². The highest BCUT2D eigenvalue weighted by atomic mass is 32.2. The van der Waals surface area contributed by atoms with Crippen LogP contribution in [0, 0.1) is 18.3 Å². The lowest BCUT2D eigenvalue weighted by molar-refractivity contribution is -0.122. The number of unbranched alkanes of at least 4 members (excludes halogenated alkanes) is 2. The van der Waals surface area contributed by atoms with Crippen LogP contribution in [-0.2, 0) is 11.3 Å². The first-order valence-corrected chi connectivity index (χ1v) is 11.8. The van der Waals surface area contributed by atoms with Crippen molar-refractivity contribution in [2.24, 2.45) is 0 Å². The summed E-state index contributed by atoms with van der Waals surface area (Å²) in [5.41, 5.74) is 1.18. The lowest BCUT2D eigenvalue weighted by Gasteiger charge is -2.28. The number of rotatable bonds is 9. The second-order valence-electron chi connectivity index (χ2n) is 7.11. The van der Waals surface area contributed by atoms with Crippen molar-refractivity contribution < 1.29 is 4.79 Å². The van der Waals surface area contributed by atoms with Crippen LogP contribution < -0.4 is 10.5 Å². The average Bonchev–Trinajstić information content (AvgIpc) is 2.99. The van der Waals surface area contributed by atoms with Crippen LogP contribution in [0.2, 0.25) is 0 Å². The SMILES string of the molecule is CCCCCN1C(=O)/C(=C/c2c(C)c(C#N)c(=O)n(CC)c2N(CC)CC)SC1=S. The predicted octanol–water partition coefficient (Wildman–Crippen LogP) is 4.29. The molecule has 0 saturated carbocycles. The van der Waals surface area contributed by atoms with Gasteiger partial charge in [-0.1, -0.05) is 43.7 Å². The quantitative estimate of drug-likeness (QED) is 0.320. The zero-order chi connectivity index (χ0) is 22.4. The Labute approximate surface area is 188 Å². The molecular weight excluding hydrogens is 416 g/mol. The average molecular weight is 447 g/mol. The van der Waals surface area contributed by atoms with Crippen LogP contribution in [0.25, 0.3) is 6.08 Å². The molecule has 0 aliphatic carbocycles. The first-order chi connectivity index (χ1) is 14.4. The molecule has 1 aromatic heterocycles. The summed E-state index contributed by atoms with van der Waals surface area (Å²) >= 11 is 6.74. The maximum absolute atomic E-state index is 13.0. The summed E-state index contributed by atoms with van der Waals surface area (Å²) in [6.07, 6.45) is 4.86. The maximum Gasteiger partial charge on any atom is 0.270 e. The fraction of sp³-hybridized carbons (Fsp3) is 0.545. The van der Waals surface area contributed by atoms with Gasteiger partial charge in [0, 0.05) is 31.7 Å². The van der Waals surface area contributed by atoms with Crippen molar-refractivity contribution in [3.63, 3.8) is 0 Å². The molecule has 30 heavy (non-hydrogen) atoms. The summed E-state index contributed by atoms with van der Waals surface area (Å²) in [5.74, 6) is 0.652. The number of nitriles is 1. The number of thiocarbonyl (C=S) groups is 1. The molecule has 0 N–H and O–H groups in total. The molecule has 0 unspecified atom stereocenters. The van der Waals surface area contributed by atoms with Crippen LogP contribution in [0.1, 0.15) is 63.6 Å². The van der Waals surface area contributed by atoms with Gasteiger partial charge in [-0.25, -0.2) is 0 Å². The predicted molar refractivity (Wildman–Crippen MR) is 129 cm³/mol. The van der Waals surface area contributed by atoms with Crippen molar-refractivity contribution >= 4 is 46.1 Å². The minimum absolute atomic E-state index is 0.0984. The largest absolute Gasteiger partial charge is 0.358 e. The smallest absolute Gasteiger partial charge is 0.270 e. The highest BCUT2D eigenvalue weighted by Crippen LogP contribution is 2.36. The van der Waals surface area contributed by atoms with Crippen LogP contribution in [0.3, 0.4) is 0 Å². The maximum atomic E-state index is 13.0. The standard InChI is InChI=1S/C22H30N4O2S2/c1-6-10-11-12-26-21(28)18(30-22(26)29)13-16-15(5)17(14-23)20(27)25(9-4)19(16)24(7-2)8-3/h13H,6-12H2,1-5H3/b18-13-. The van der Waals surface area contributed by atoms with E-state index in [-0.39, 0.29) is 17.0 Å². The Bertz CT molecular complexity index is 955. The Morgan fingerprint density at radius 3 is 2.37 bits per heavy atom. The zero-order valence-corrected chi connectivity index (χ0v) is 20.1. The Kier molecular flexibility index (Phi) is 8.68. The minimum Gasteiger partial charge on any atom is -0.358 e. The van der Waals surface area contributed by atoms with Gasteiger partial charge >= 0.3 is 0 Å². The second kappa shape index (κ2) is 10.8. The van der Waals surface area contributed by atoms with E-state index < -0.39 is 0 Å². The van der Waals surface area contributed by atoms with Crippen LogP contribution >= 0.6 is 24.0 Å². The fourth-order valence-corrected chi connectivity index (χ4v) is 4.94. The number of thioether (sulfide) groups is 1. The van der Waals surface area contributed by atoms with E-state index in [4.69, 9.17) is 12.2 Å². The van der Waals surface area contributed by atoms with Crippen molar-refractivity contribution in [2.45, 2.75) is 60.4 Å². The van der Waals surface area contributed by atoms with Gasteiger partial charge in [0.2, 0.25) is 0 Å².